The number of amides is 1. The number of ether oxygens (including phenoxy) is 1. The number of cyclic esters (lactones) is 1. The van der Waals surface area contributed by atoms with Crippen LogP contribution in [0.15, 0.2) is 24.3 Å². The van der Waals surface area contributed by atoms with Crippen LogP contribution >= 0.6 is 11.6 Å². The summed E-state index contributed by atoms with van der Waals surface area (Å²) in [6.07, 6.45) is 2.02. The van der Waals surface area contributed by atoms with E-state index in [0.717, 1.165) is 31.5 Å². The van der Waals surface area contributed by atoms with Crippen LogP contribution in [0.1, 0.15) is 25.3 Å². The second kappa shape index (κ2) is 5.85. The first-order valence-corrected chi connectivity index (χ1v) is 7.88. The predicted molar refractivity (Wildman–Crippen MR) is 82.3 cm³/mol. The van der Waals surface area contributed by atoms with Gasteiger partial charge >= 0.3 is 6.09 Å². The van der Waals surface area contributed by atoms with Gasteiger partial charge in [-0.3, -0.25) is 4.90 Å². The Labute approximate surface area is 130 Å². The molecule has 2 unspecified atom stereocenters. The highest BCUT2D eigenvalue weighted by Crippen LogP contribution is 2.34. The van der Waals surface area contributed by atoms with Gasteiger partial charge < -0.3 is 10.1 Å². The van der Waals surface area contributed by atoms with E-state index in [-0.39, 0.29) is 6.09 Å². The van der Waals surface area contributed by atoms with Crippen LogP contribution in [-0.4, -0.2) is 36.2 Å². The smallest absolute Gasteiger partial charge is 0.410 e. The van der Waals surface area contributed by atoms with E-state index in [9.17, 15) is 4.79 Å². The van der Waals surface area contributed by atoms with Gasteiger partial charge in [-0.1, -0.05) is 29.8 Å². The van der Waals surface area contributed by atoms with Crippen LogP contribution in [0.3, 0.4) is 0 Å². The topological polar surface area (TPSA) is 41.6 Å². The summed E-state index contributed by atoms with van der Waals surface area (Å²) >= 11 is 6.18. The molecule has 1 amide bonds. The van der Waals surface area contributed by atoms with Gasteiger partial charge in [-0.05, 0) is 37.9 Å². The molecule has 4 nitrogen and oxygen atoms in total. The van der Waals surface area contributed by atoms with Crippen LogP contribution in [-0.2, 0) is 11.3 Å². The minimum atomic E-state index is -0.397. The Balaban J connectivity index is 1.71. The number of nitrogens with one attached hydrogen (secondary N) is 1. The SMILES string of the molecule is CC1(C2CCCNC2)CN(Cc2ccccc2Cl)C(=O)O1. The van der Waals surface area contributed by atoms with Crippen molar-refractivity contribution >= 4 is 17.7 Å². The Morgan fingerprint density at radius 3 is 3.00 bits per heavy atom. The van der Waals surface area contributed by atoms with Crippen LogP contribution in [0.25, 0.3) is 0 Å². The maximum atomic E-state index is 12.2. The molecular formula is C16H21ClN2O2. The quantitative estimate of drug-likeness (QED) is 0.933. The van der Waals surface area contributed by atoms with Crippen LogP contribution in [0.5, 0.6) is 0 Å². The van der Waals surface area contributed by atoms with E-state index in [1.165, 1.54) is 0 Å². The lowest BCUT2D eigenvalue weighted by Crippen LogP contribution is -2.46. The molecule has 2 saturated heterocycles. The third-order valence-electron chi connectivity index (χ3n) is 4.56. The molecule has 0 aromatic heterocycles. The predicted octanol–water partition coefficient (Wildman–Crippen LogP) is 3.05. The summed E-state index contributed by atoms with van der Waals surface area (Å²) in [5, 5.41) is 4.09. The molecule has 2 aliphatic rings. The number of carbonyl (C=O) groups excluding carboxylic acids is 1. The lowest BCUT2D eigenvalue weighted by Gasteiger charge is -2.34. The van der Waals surface area contributed by atoms with E-state index in [2.05, 4.69) is 12.2 Å². The first kappa shape index (κ1) is 14.7. The largest absolute Gasteiger partial charge is 0.441 e. The number of benzene rings is 1. The third kappa shape index (κ3) is 3.01. The maximum Gasteiger partial charge on any atom is 0.410 e. The molecule has 0 aliphatic carbocycles. The van der Waals surface area contributed by atoms with E-state index in [1.807, 2.05) is 24.3 Å². The van der Waals surface area contributed by atoms with E-state index >= 15 is 0 Å². The van der Waals surface area contributed by atoms with Crippen molar-refractivity contribution in [2.75, 3.05) is 19.6 Å². The molecule has 1 N–H and O–H groups in total. The van der Waals surface area contributed by atoms with Gasteiger partial charge in [0.05, 0.1) is 13.1 Å². The van der Waals surface area contributed by atoms with Crippen molar-refractivity contribution in [3.05, 3.63) is 34.9 Å². The maximum absolute atomic E-state index is 12.2. The van der Waals surface area contributed by atoms with Gasteiger partial charge in [-0.25, -0.2) is 4.79 Å². The molecule has 2 aliphatic heterocycles. The zero-order valence-electron chi connectivity index (χ0n) is 12.3. The van der Waals surface area contributed by atoms with E-state index in [0.29, 0.717) is 24.0 Å². The number of carbonyl (C=O) groups is 1. The van der Waals surface area contributed by atoms with Gasteiger partial charge in [0.1, 0.15) is 5.60 Å². The van der Waals surface area contributed by atoms with E-state index in [1.54, 1.807) is 4.90 Å². The zero-order valence-corrected chi connectivity index (χ0v) is 13.0. The molecule has 2 heterocycles. The van der Waals surface area contributed by atoms with Gasteiger partial charge in [0.25, 0.3) is 0 Å². The molecular weight excluding hydrogens is 288 g/mol. The van der Waals surface area contributed by atoms with Crippen molar-refractivity contribution in [2.45, 2.75) is 31.9 Å². The molecule has 1 aromatic carbocycles. The average Bonchev–Trinajstić information content (AvgIpc) is 2.78. The lowest BCUT2D eigenvalue weighted by molar-refractivity contribution is 0.0121. The monoisotopic (exact) mass is 308 g/mol. The number of hydrogen-bond acceptors (Lipinski definition) is 3. The molecule has 1 aromatic rings. The second-order valence-corrected chi connectivity index (χ2v) is 6.58. The molecule has 0 saturated carbocycles. The summed E-state index contributed by atoms with van der Waals surface area (Å²) in [5.41, 5.74) is 0.563. The second-order valence-electron chi connectivity index (χ2n) is 6.17. The Hall–Kier alpha value is -1.26. The van der Waals surface area contributed by atoms with Gasteiger partial charge in [0.15, 0.2) is 0 Å². The summed E-state index contributed by atoms with van der Waals surface area (Å²) in [7, 11) is 0. The van der Waals surface area contributed by atoms with Gasteiger partial charge in [0, 0.05) is 17.5 Å². The molecule has 0 spiro atoms. The molecule has 2 fully saturated rings. The number of nitrogens with zero attached hydrogens (tertiary/aromatic N) is 1. The lowest BCUT2D eigenvalue weighted by atomic mass is 9.83. The number of piperidine rings is 1. The van der Waals surface area contributed by atoms with Crippen LogP contribution in [0.2, 0.25) is 5.02 Å². The molecule has 5 heteroatoms. The van der Waals surface area contributed by atoms with Crippen molar-refractivity contribution in [1.29, 1.82) is 0 Å². The first-order valence-electron chi connectivity index (χ1n) is 7.50. The van der Waals surface area contributed by atoms with E-state index in [4.69, 9.17) is 16.3 Å². The van der Waals surface area contributed by atoms with E-state index < -0.39 is 5.60 Å². The Bertz CT molecular complexity index is 531. The van der Waals surface area contributed by atoms with Crippen molar-refractivity contribution in [1.82, 2.24) is 10.2 Å². The van der Waals surface area contributed by atoms with Crippen LogP contribution in [0, 0.1) is 5.92 Å². The fraction of sp³-hybridized carbons (Fsp3) is 0.562. The van der Waals surface area contributed by atoms with Crippen molar-refractivity contribution < 1.29 is 9.53 Å². The standard InChI is InChI=1S/C16H21ClN2O2/c1-16(13-6-4-8-18-9-13)11-19(15(20)21-16)10-12-5-2-3-7-14(12)17/h2-3,5,7,13,18H,4,6,8-11H2,1H3. The van der Waals surface area contributed by atoms with Crippen molar-refractivity contribution in [3.8, 4) is 0 Å². The third-order valence-corrected chi connectivity index (χ3v) is 4.93. The average molecular weight is 309 g/mol. The Morgan fingerprint density at radius 1 is 1.48 bits per heavy atom. The highest BCUT2D eigenvalue weighted by atomic mass is 35.5. The van der Waals surface area contributed by atoms with Crippen molar-refractivity contribution in [2.24, 2.45) is 5.92 Å². The highest BCUT2D eigenvalue weighted by molar-refractivity contribution is 6.31. The summed E-state index contributed by atoms with van der Waals surface area (Å²) in [6, 6.07) is 7.63. The van der Waals surface area contributed by atoms with Crippen LogP contribution < -0.4 is 5.32 Å². The Morgan fingerprint density at radius 2 is 2.29 bits per heavy atom. The molecule has 114 valence electrons. The minimum Gasteiger partial charge on any atom is -0.441 e. The Kier molecular flexibility index (Phi) is 4.09. The number of rotatable bonds is 3. The number of halogens is 1. The zero-order chi connectivity index (χ0) is 14.9. The summed E-state index contributed by atoms with van der Waals surface area (Å²) in [4.78, 5) is 13.9. The minimum absolute atomic E-state index is 0.233. The molecule has 21 heavy (non-hydrogen) atoms. The molecule has 2 atom stereocenters. The summed E-state index contributed by atoms with van der Waals surface area (Å²) in [6.45, 7) is 5.17. The fourth-order valence-electron chi connectivity index (χ4n) is 3.28. The van der Waals surface area contributed by atoms with Gasteiger partial charge in [-0.2, -0.15) is 0 Å². The van der Waals surface area contributed by atoms with Gasteiger partial charge in [0.2, 0.25) is 0 Å². The fourth-order valence-corrected chi connectivity index (χ4v) is 3.47. The first-order chi connectivity index (χ1) is 10.1. The van der Waals surface area contributed by atoms with Crippen LogP contribution in [0.4, 0.5) is 4.79 Å². The molecule has 3 rings (SSSR count). The summed E-state index contributed by atoms with van der Waals surface area (Å²) in [5.74, 6) is 0.381. The normalized spacial score (nSPS) is 29.5. The highest BCUT2D eigenvalue weighted by Gasteiger charge is 2.47. The summed E-state index contributed by atoms with van der Waals surface area (Å²) < 4.78 is 5.72. The van der Waals surface area contributed by atoms with Gasteiger partial charge in [-0.15, -0.1) is 0 Å². The molecule has 0 radical (unpaired) electrons. The van der Waals surface area contributed by atoms with Crippen molar-refractivity contribution in [3.63, 3.8) is 0 Å². The number of hydrogen-bond donors (Lipinski definition) is 1. The molecule has 0 bridgehead atoms.